The molecule has 8 rings (SSSR count). The van der Waals surface area contributed by atoms with Gasteiger partial charge in [-0.2, -0.15) is 0 Å². The van der Waals surface area contributed by atoms with E-state index in [-0.39, 0.29) is 46.9 Å². The van der Waals surface area contributed by atoms with E-state index in [0.717, 1.165) is 31.7 Å². The van der Waals surface area contributed by atoms with Gasteiger partial charge in [-0.1, -0.05) is 48.6 Å². The molecule has 38 heavy (non-hydrogen) atoms. The molecule has 2 aromatic carbocycles. The van der Waals surface area contributed by atoms with Gasteiger partial charge in [-0.05, 0) is 56.9 Å². The number of carbonyl (C=O) groups is 1. The quantitative estimate of drug-likeness (QED) is 0.342. The van der Waals surface area contributed by atoms with Gasteiger partial charge in [-0.15, -0.1) is 0 Å². The number of anilines is 1. The lowest BCUT2D eigenvalue weighted by molar-refractivity contribution is -0.141. The monoisotopic (exact) mass is 509 g/mol. The molecule has 2 spiro atoms. The highest BCUT2D eigenvalue weighted by Crippen LogP contribution is 2.72. The Hall–Kier alpha value is -3.09. The van der Waals surface area contributed by atoms with Crippen LogP contribution in [0.25, 0.3) is 0 Å². The third-order valence-electron chi connectivity index (χ3n) is 10.5. The fraction of sp³-hybridized carbons (Fsp3) is 0.469. The zero-order valence-electron chi connectivity index (χ0n) is 22.6. The van der Waals surface area contributed by atoms with E-state index in [1.165, 1.54) is 22.4 Å². The van der Waals surface area contributed by atoms with Gasteiger partial charge in [-0.25, -0.2) is 0 Å². The van der Waals surface area contributed by atoms with Crippen molar-refractivity contribution in [3.63, 3.8) is 0 Å². The minimum atomic E-state index is -0.280. The van der Waals surface area contributed by atoms with E-state index in [1.54, 1.807) is 6.08 Å². The van der Waals surface area contributed by atoms with Crippen molar-refractivity contribution in [2.75, 3.05) is 25.0 Å². The van der Waals surface area contributed by atoms with Crippen LogP contribution < -0.4 is 9.64 Å². The highest BCUT2D eigenvalue weighted by Gasteiger charge is 2.78. The predicted octanol–water partition coefficient (Wildman–Crippen LogP) is 4.66. The Morgan fingerprint density at radius 1 is 1.03 bits per heavy atom. The lowest BCUT2D eigenvalue weighted by Crippen LogP contribution is -2.72. The van der Waals surface area contributed by atoms with E-state index in [0.29, 0.717) is 0 Å². The second-order valence-corrected chi connectivity index (χ2v) is 12.4. The number of para-hydroxylation sites is 1. The van der Waals surface area contributed by atoms with Crippen LogP contribution >= 0.6 is 0 Å². The van der Waals surface area contributed by atoms with E-state index in [2.05, 4.69) is 78.1 Å². The third kappa shape index (κ3) is 2.45. The van der Waals surface area contributed by atoms with E-state index < -0.39 is 0 Å². The van der Waals surface area contributed by atoms with Crippen LogP contribution in [-0.2, 0) is 20.4 Å². The van der Waals surface area contributed by atoms with Gasteiger partial charge in [0, 0.05) is 42.9 Å². The summed E-state index contributed by atoms with van der Waals surface area (Å²) >= 11 is 0. The molecule has 6 aliphatic rings. The molecule has 6 heterocycles. The number of epoxide rings is 1. The number of allylic oxidation sites excluding steroid dienone is 3. The van der Waals surface area contributed by atoms with Crippen LogP contribution in [0.5, 0.6) is 5.75 Å². The number of piperidine rings is 1. The Morgan fingerprint density at radius 3 is 2.61 bits per heavy atom. The molecule has 0 aromatic heterocycles. The highest BCUT2D eigenvalue weighted by atomic mass is 16.6. The standard InChI is InChI=1S/C32H35N3O3/c1-5-6-7-15-24(36)34-18-16-31-21-12-8-9-14-23(21)37-29-32(31)17-19-35(28(31)34)26(27-30(2,3)38-27)20-11-10-13-22(25(20)32)33(29)4/h5-15,26-29H,16-19H2,1-4H3. The molecule has 0 radical (unpaired) electrons. The van der Waals surface area contributed by atoms with Crippen molar-refractivity contribution < 1.29 is 14.3 Å². The van der Waals surface area contributed by atoms with Crippen LogP contribution in [0.4, 0.5) is 5.69 Å². The number of amides is 1. The van der Waals surface area contributed by atoms with Crippen LogP contribution in [0.1, 0.15) is 56.3 Å². The first kappa shape index (κ1) is 22.9. The van der Waals surface area contributed by atoms with Crippen LogP contribution in [0, 0.1) is 0 Å². The van der Waals surface area contributed by atoms with Crippen molar-refractivity contribution in [3.05, 3.63) is 83.5 Å². The second kappa shape index (κ2) is 7.30. The fourth-order valence-corrected chi connectivity index (χ4v) is 9.11. The number of hydrogen-bond acceptors (Lipinski definition) is 5. The second-order valence-electron chi connectivity index (χ2n) is 12.4. The van der Waals surface area contributed by atoms with E-state index in [4.69, 9.17) is 9.47 Å². The molecular formula is C32H35N3O3. The summed E-state index contributed by atoms with van der Waals surface area (Å²) in [5.41, 5.74) is 4.59. The molecule has 6 nitrogen and oxygen atoms in total. The van der Waals surface area contributed by atoms with Gasteiger partial charge < -0.3 is 19.3 Å². The number of hydrogen-bond donors (Lipinski definition) is 0. The van der Waals surface area contributed by atoms with E-state index >= 15 is 0 Å². The molecule has 0 saturated carbocycles. The molecule has 3 saturated heterocycles. The first-order chi connectivity index (χ1) is 18.4. The Morgan fingerprint density at radius 2 is 1.82 bits per heavy atom. The summed E-state index contributed by atoms with van der Waals surface area (Å²) in [7, 11) is 2.19. The van der Waals surface area contributed by atoms with Crippen LogP contribution in [0.2, 0.25) is 0 Å². The van der Waals surface area contributed by atoms with Gasteiger partial charge in [0.1, 0.15) is 11.9 Å². The Bertz CT molecular complexity index is 1430. The smallest absolute Gasteiger partial charge is 0.247 e. The molecule has 6 aliphatic heterocycles. The number of ether oxygens (including phenoxy) is 2. The average Bonchev–Trinajstić information content (AvgIpc) is 3.31. The number of nitrogens with zero attached hydrogens (tertiary/aromatic N) is 3. The normalized spacial score (nSPS) is 38.7. The number of likely N-dealkylation sites (tertiary alicyclic amines) is 1. The fourth-order valence-electron chi connectivity index (χ4n) is 9.11. The maximum atomic E-state index is 13.9. The minimum absolute atomic E-state index is 0.0803. The van der Waals surface area contributed by atoms with E-state index in [1.807, 2.05) is 25.2 Å². The van der Waals surface area contributed by atoms with Crippen molar-refractivity contribution in [1.29, 1.82) is 0 Å². The third-order valence-corrected chi connectivity index (χ3v) is 10.5. The van der Waals surface area contributed by atoms with Gasteiger partial charge >= 0.3 is 0 Å². The summed E-state index contributed by atoms with van der Waals surface area (Å²) in [6.07, 6.45) is 9.30. The molecule has 196 valence electrons. The number of carbonyl (C=O) groups excluding carboxylic acids is 1. The maximum Gasteiger partial charge on any atom is 0.247 e. The zero-order valence-corrected chi connectivity index (χ0v) is 22.6. The van der Waals surface area contributed by atoms with Crippen molar-refractivity contribution >= 4 is 11.6 Å². The van der Waals surface area contributed by atoms with Gasteiger partial charge in [0.05, 0.1) is 23.2 Å². The zero-order chi connectivity index (χ0) is 26.0. The Kier molecular flexibility index (Phi) is 4.39. The molecule has 0 aliphatic carbocycles. The highest BCUT2D eigenvalue weighted by molar-refractivity contribution is 5.89. The first-order valence-corrected chi connectivity index (χ1v) is 14.0. The number of benzene rings is 2. The summed E-state index contributed by atoms with van der Waals surface area (Å²) in [6.45, 7) is 8.00. The van der Waals surface area contributed by atoms with Gasteiger partial charge in [0.25, 0.3) is 0 Å². The Labute approximate surface area is 224 Å². The molecule has 2 bridgehead atoms. The average molecular weight is 510 g/mol. The molecule has 3 fully saturated rings. The molecular weight excluding hydrogens is 474 g/mol. The molecule has 7 unspecified atom stereocenters. The van der Waals surface area contributed by atoms with Crippen LogP contribution in [0.15, 0.2) is 66.8 Å². The lowest BCUT2D eigenvalue weighted by atomic mass is 9.51. The summed E-state index contributed by atoms with van der Waals surface area (Å²) in [5.74, 6) is 1.04. The topological polar surface area (TPSA) is 48.6 Å². The number of fused-ring (bicyclic) bond motifs is 1. The number of rotatable bonds is 3. The summed E-state index contributed by atoms with van der Waals surface area (Å²) in [5, 5.41) is 0. The molecule has 6 heteroatoms. The molecule has 1 amide bonds. The molecule has 0 N–H and O–H groups in total. The van der Waals surface area contributed by atoms with Gasteiger partial charge in [0.15, 0.2) is 6.23 Å². The van der Waals surface area contributed by atoms with Crippen LogP contribution in [-0.4, -0.2) is 59.9 Å². The summed E-state index contributed by atoms with van der Waals surface area (Å²) in [6, 6.07) is 15.5. The summed E-state index contributed by atoms with van der Waals surface area (Å²) in [4.78, 5) is 21.1. The number of likely N-dealkylation sites (N-methyl/N-ethyl adjacent to an activating group) is 1. The SMILES string of the molecule is CC=CC=CC(=O)N1CCC23c4ccccc4OC4N(C)c5cccc6c5C42CCN(C6C2OC2(C)C)C13. The predicted molar refractivity (Wildman–Crippen MR) is 146 cm³/mol. The first-order valence-electron chi connectivity index (χ1n) is 14.0. The van der Waals surface area contributed by atoms with Crippen molar-refractivity contribution in [3.8, 4) is 5.75 Å². The van der Waals surface area contributed by atoms with Crippen molar-refractivity contribution in [2.45, 2.75) is 74.6 Å². The van der Waals surface area contributed by atoms with Crippen molar-refractivity contribution in [2.24, 2.45) is 0 Å². The van der Waals surface area contributed by atoms with Gasteiger partial charge in [-0.3, -0.25) is 9.69 Å². The summed E-state index contributed by atoms with van der Waals surface area (Å²) < 4.78 is 13.4. The Balaban J connectivity index is 1.44. The van der Waals surface area contributed by atoms with Crippen molar-refractivity contribution in [1.82, 2.24) is 9.80 Å². The van der Waals surface area contributed by atoms with E-state index in [9.17, 15) is 4.79 Å². The van der Waals surface area contributed by atoms with Gasteiger partial charge in [0.2, 0.25) is 5.91 Å². The largest absolute Gasteiger partial charge is 0.469 e. The molecule has 2 aromatic rings. The lowest BCUT2D eigenvalue weighted by Gasteiger charge is -2.61. The molecule has 7 atom stereocenters. The maximum absolute atomic E-state index is 13.9. The minimum Gasteiger partial charge on any atom is -0.469 e. The van der Waals surface area contributed by atoms with Crippen LogP contribution in [0.3, 0.4) is 0 Å².